The van der Waals surface area contributed by atoms with E-state index < -0.39 is 0 Å². The Morgan fingerprint density at radius 2 is 1.86 bits per heavy atom. The van der Waals surface area contributed by atoms with E-state index in [1.54, 1.807) is 0 Å². The van der Waals surface area contributed by atoms with Crippen LogP contribution in [0.15, 0.2) is 0 Å². The Balaban J connectivity index is 1.75. The van der Waals surface area contributed by atoms with Crippen molar-refractivity contribution < 1.29 is 4.79 Å². The molecule has 2 N–H and O–H groups in total. The van der Waals surface area contributed by atoms with Crippen molar-refractivity contribution in [1.29, 1.82) is 0 Å². The number of nitrogens with zero attached hydrogens (tertiary/aromatic N) is 3. The molecule has 3 atom stereocenters. The highest BCUT2D eigenvalue weighted by molar-refractivity contribution is 5.79. The first-order valence-corrected chi connectivity index (χ1v) is 8.39. The Labute approximate surface area is 129 Å². The van der Waals surface area contributed by atoms with E-state index in [0.29, 0.717) is 11.8 Å². The lowest BCUT2D eigenvalue weighted by molar-refractivity contribution is -0.138. The van der Waals surface area contributed by atoms with Gasteiger partial charge in [-0.15, -0.1) is 0 Å². The minimum Gasteiger partial charge on any atom is -0.340 e. The molecule has 2 aliphatic rings. The summed E-state index contributed by atoms with van der Waals surface area (Å²) < 4.78 is 0. The summed E-state index contributed by atoms with van der Waals surface area (Å²) in [6.07, 6.45) is 3.00. The fourth-order valence-electron chi connectivity index (χ4n) is 3.37. The van der Waals surface area contributed by atoms with E-state index in [0.717, 1.165) is 58.5 Å². The van der Waals surface area contributed by atoms with E-state index in [2.05, 4.69) is 35.7 Å². The molecule has 1 aliphatic heterocycles. The molecule has 1 aliphatic carbocycles. The molecule has 0 radical (unpaired) electrons. The largest absolute Gasteiger partial charge is 0.340 e. The summed E-state index contributed by atoms with van der Waals surface area (Å²) in [4.78, 5) is 19.4. The zero-order valence-electron chi connectivity index (χ0n) is 13.9. The van der Waals surface area contributed by atoms with Gasteiger partial charge in [0.25, 0.3) is 0 Å². The van der Waals surface area contributed by atoms with E-state index >= 15 is 0 Å². The first-order valence-electron chi connectivity index (χ1n) is 8.39. The number of piperazine rings is 1. The van der Waals surface area contributed by atoms with Crippen LogP contribution in [0.2, 0.25) is 0 Å². The van der Waals surface area contributed by atoms with Gasteiger partial charge in [0.15, 0.2) is 0 Å². The quantitative estimate of drug-likeness (QED) is 0.819. The molecule has 21 heavy (non-hydrogen) atoms. The first-order chi connectivity index (χ1) is 9.97. The average Bonchev–Trinajstić information content (AvgIpc) is 2.48. The molecule has 1 heterocycles. The van der Waals surface area contributed by atoms with E-state index in [4.69, 9.17) is 5.73 Å². The van der Waals surface area contributed by atoms with Crippen LogP contribution in [0, 0.1) is 11.8 Å². The molecule has 0 bridgehead atoms. The molecule has 1 saturated heterocycles. The third kappa shape index (κ3) is 4.66. The van der Waals surface area contributed by atoms with Gasteiger partial charge in [-0.05, 0) is 39.3 Å². The maximum atomic E-state index is 12.6. The van der Waals surface area contributed by atoms with Crippen LogP contribution in [0.3, 0.4) is 0 Å². The van der Waals surface area contributed by atoms with Crippen LogP contribution < -0.4 is 5.73 Å². The molecule has 3 unspecified atom stereocenters. The maximum Gasteiger partial charge on any atom is 0.225 e. The number of carbonyl (C=O) groups excluding carboxylic acids is 1. The number of likely N-dealkylation sites (N-methyl/N-ethyl adjacent to an activating group) is 1. The minimum absolute atomic E-state index is 0.171. The summed E-state index contributed by atoms with van der Waals surface area (Å²) in [5.74, 6) is 1.09. The Morgan fingerprint density at radius 3 is 2.43 bits per heavy atom. The molecule has 0 aromatic carbocycles. The molecule has 5 nitrogen and oxygen atoms in total. The number of amides is 1. The first kappa shape index (κ1) is 16.7. The summed E-state index contributed by atoms with van der Waals surface area (Å²) >= 11 is 0. The predicted molar refractivity (Wildman–Crippen MR) is 86.1 cm³/mol. The van der Waals surface area contributed by atoms with Crippen molar-refractivity contribution in [2.75, 3.05) is 53.4 Å². The summed E-state index contributed by atoms with van der Waals surface area (Å²) in [5.41, 5.74) is 6.14. The third-order valence-corrected chi connectivity index (χ3v) is 5.15. The number of carbonyl (C=O) groups is 1. The summed E-state index contributed by atoms with van der Waals surface area (Å²) in [7, 11) is 4.21. The van der Waals surface area contributed by atoms with Crippen LogP contribution >= 0.6 is 0 Å². The highest BCUT2D eigenvalue weighted by Gasteiger charge is 2.33. The SMILES string of the molecule is CC1CCC(C(=O)N2CCN(CCN(C)C)CC2)CC1N. The molecule has 5 heteroatoms. The van der Waals surface area contributed by atoms with E-state index in [9.17, 15) is 4.79 Å². The summed E-state index contributed by atoms with van der Waals surface area (Å²) in [6, 6.07) is 0.203. The predicted octanol–water partition coefficient (Wildman–Crippen LogP) is 0.456. The van der Waals surface area contributed by atoms with Gasteiger partial charge in [0, 0.05) is 51.2 Å². The van der Waals surface area contributed by atoms with E-state index in [1.165, 1.54) is 0 Å². The van der Waals surface area contributed by atoms with E-state index in [1.807, 2.05) is 0 Å². The molecule has 2 fully saturated rings. The second kappa shape index (κ2) is 7.56. The van der Waals surface area contributed by atoms with Crippen LogP contribution in [0.25, 0.3) is 0 Å². The van der Waals surface area contributed by atoms with Crippen molar-refractivity contribution in [3.8, 4) is 0 Å². The molecule has 122 valence electrons. The third-order valence-electron chi connectivity index (χ3n) is 5.15. The highest BCUT2D eigenvalue weighted by Crippen LogP contribution is 2.29. The second-order valence-electron chi connectivity index (χ2n) is 7.12. The molecule has 0 aromatic heterocycles. The van der Waals surface area contributed by atoms with Crippen molar-refractivity contribution in [1.82, 2.24) is 14.7 Å². The highest BCUT2D eigenvalue weighted by atomic mass is 16.2. The monoisotopic (exact) mass is 296 g/mol. The van der Waals surface area contributed by atoms with Crippen molar-refractivity contribution in [2.45, 2.75) is 32.2 Å². The van der Waals surface area contributed by atoms with Gasteiger partial charge in [-0.25, -0.2) is 0 Å². The Morgan fingerprint density at radius 1 is 1.19 bits per heavy atom. The van der Waals surface area contributed by atoms with E-state index in [-0.39, 0.29) is 12.0 Å². The van der Waals surface area contributed by atoms with Gasteiger partial charge in [0.2, 0.25) is 5.91 Å². The van der Waals surface area contributed by atoms with Gasteiger partial charge >= 0.3 is 0 Å². The fraction of sp³-hybridized carbons (Fsp3) is 0.938. The molecule has 1 saturated carbocycles. The second-order valence-corrected chi connectivity index (χ2v) is 7.12. The zero-order chi connectivity index (χ0) is 15.4. The van der Waals surface area contributed by atoms with Crippen LogP contribution in [-0.2, 0) is 4.79 Å². The zero-order valence-corrected chi connectivity index (χ0v) is 13.9. The lowest BCUT2D eigenvalue weighted by atomic mass is 9.79. The smallest absolute Gasteiger partial charge is 0.225 e. The number of hydrogen-bond acceptors (Lipinski definition) is 4. The lowest BCUT2D eigenvalue weighted by Gasteiger charge is -2.39. The van der Waals surface area contributed by atoms with Crippen molar-refractivity contribution >= 4 is 5.91 Å². The van der Waals surface area contributed by atoms with Gasteiger partial charge in [-0.2, -0.15) is 0 Å². The van der Waals surface area contributed by atoms with Crippen molar-refractivity contribution in [3.05, 3.63) is 0 Å². The average molecular weight is 296 g/mol. The van der Waals surface area contributed by atoms with Gasteiger partial charge < -0.3 is 15.5 Å². The summed E-state index contributed by atoms with van der Waals surface area (Å²) in [6.45, 7) is 8.17. The molecule has 1 amide bonds. The van der Waals surface area contributed by atoms with Crippen molar-refractivity contribution in [3.63, 3.8) is 0 Å². The van der Waals surface area contributed by atoms with Crippen LogP contribution in [0.1, 0.15) is 26.2 Å². The number of hydrogen-bond donors (Lipinski definition) is 1. The Kier molecular flexibility index (Phi) is 6.02. The number of rotatable bonds is 4. The van der Waals surface area contributed by atoms with Gasteiger partial charge in [0.05, 0.1) is 0 Å². The molecular weight excluding hydrogens is 264 g/mol. The van der Waals surface area contributed by atoms with Gasteiger partial charge in [-0.1, -0.05) is 6.92 Å². The normalized spacial score (nSPS) is 31.7. The number of nitrogens with two attached hydrogens (primary N) is 1. The fourth-order valence-corrected chi connectivity index (χ4v) is 3.37. The lowest BCUT2D eigenvalue weighted by Crippen LogP contribution is -2.52. The minimum atomic E-state index is 0.171. The standard InChI is InChI=1S/C16H32N4O/c1-13-4-5-14(12-15(13)17)16(21)20-10-8-19(9-11-20)7-6-18(2)3/h13-15H,4-12,17H2,1-3H3. The molecule has 0 spiro atoms. The van der Waals surface area contributed by atoms with Gasteiger partial charge in [-0.3, -0.25) is 9.69 Å². The molecular formula is C16H32N4O. The maximum absolute atomic E-state index is 12.6. The Hall–Kier alpha value is -0.650. The topological polar surface area (TPSA) is 52.8 Å². The van der Waals surface area contributed by atoms with Crippen LogP contribution in [0.4, 0.5) is 0 Å². The van der Waals surface area contributed by atoms with Crippen LogP contribution in [-0.4, -0.2) is 80.0 Å². The van der Waals surface area contributed by atoms with Crippen molar-refractivity contribution in [2.24, 2.45) is 17.6 Å². The summed E-state index contributed by atoms with van der Waals surface area (Å²) in [5, 5.41) is 0. The van der Waals surface area contributed by atoms with Crippen LogP contribution in [0.5, 0.6) is 0 Å². The molecule has 2 rings (SSSR count). The Bertz CT molecular complexity index is 339. The van der Waals surface area contributed by atoms with Gasteiger partial charge in [0.1, 0.15) is 0 Å². The molecule has 0 aromatic rings.